The van der Waals surface area contributed by atoms with Crippen LogP contribution in [-0.4, -0.2) is 29.2 Å². The normalized spacial score (nSPS) is 27.7. The topological polar surface area (TPSA) is 40.5 Å². The van der Waals surface area contributed by atoms with E-state index in [1.165, 1.54) is 4.90 Å². The van der Waals surface area contributed by atoms with E-state index in [-0.39, 0.29) is 6.04 Å². The van der Waals surface area contributed by atoms with Gasteiger partial charge in [0.15, 0.2) is 0 Å². The number of carboxylic acid groups (broad SMARTS) is 1. The maximum Gasteiger partial charge on any atom is 0.407 e. The van der Waals surface area contributed by atoms with Gasteiger partial charge in [0.1, 0.15) is 0 Å². The molecule has 1 N–H and O–H groups in total. The van der Waals surface area contributed by atoms with Gasteiger partial charge >= 0.3 is 6.09 Å². The van der Waals surface area contributed by atoms with E-state index in [1.54, 1.807) is 7.05 Å². The number of amides is 1. The number of rotatable bonds is 1. The molecule has 1 fully saturated rings. The van der Waals surface area contributed by atoms with Crippen LogP contribution in [0.25, 0.3) is 0 Å². The number of carbonyl (C=O) groups is 1. The summed E-state index contributed by atoms with van der Waals surface area (Å²) in [6.07, 6.45) is 8.18. The SMILES string of the molecule is C#C[C@H]1CC[C@H](N(C)C(=O)O)CC1. The van der Waals surface area contributed by atoms with Crippen molar-refractivity contribution in [3.8, 4) is 12.3 Å². The predicted molar refractivity (Wildman–Crippen MR) is 50.4 cm³/mol. The summed E-state index contributed by atoms with van der Waals surface area (Å²) in [5.41, 5.74) is 0. The molecule has 0 saturated heterocycles. The lowest BCUT2D eigenvalue weighted by molar-refractivity contribution is 0.123. The highest BCUT2D eigenvalue weighted by Gasteiger charge is 2.25. The van der Waals surface area contributed by atoms with Crippen LogP contribution < -0.4 is 0 Å². The Bertz CT molecular complexity index is 224. The van der Waals surface area contributed by atoms with E-state index in [0.717, 1.165) is 25.7 Å². The minimum Gasteiger partial charge on any atom is -0.465 e. The summed E-state index contributed by atoms with van der Waals surface area (Å²) in [6.45, 7) is 0. The molecule has 0 radical (unpaired) electrons. The summed E-state index contributed by atoms with van der Waals surface area (Å²) in [4.78, 5) is 12.0. The van der Waals surface area contributed by atoms with Gasteiger partial charge in [-0.15, -0.1) is 12.3 Å². The third kappa shape index (κ3) is 2.38. The first kappa shape index (κ1) is 9.91. The molecule has 0 bridgehead atoms. The van der Waals surface area contributed by atoms with E-state index < -0.39 is 6.09 Å². The predicted octanol–water partition coefficient (Wildman–Crippen LogP) is 1.79. The molecular formula is C10H15NO2. The highest BCUT2D eigenvalue weighted by atomic mass is 16.4. The Morgan fingerprint density at radius 1 is 1.46 bits per heavy atom. The van der Waals surface area contributed by atoms with Gasteiger partial charge in [0.05, 0.1) is 0 Å². The third-order valence-corrected chi connectivity index (χ3v) is 2.78. The summed E-state index contributed by atoms with van der Waals surface area (Å²) in [7, 11) is 1.63. The van der Waals surface area contributed by atoms with Gasteiger partial charge in [-0.2, -0.15) is 0 Å². The number of terminal acetylenes is 1. The zero-order valence-corrected chi connectivity index (χ0v) is 7.86. The molecule has 3 heteroatoms. The highest BCUT2D eigenvalue weighted by Crippen LogP contribution is 2.26. The van der Waals surface area contributed by atoms with Crippen molar-refractivity contribution in [3.05, 3.63) is 0 Å². The Hall–Kier alpha value is -1.17. The molecular weight excluding hydrogens is 166 g/mol. The lowest BCUT2D eigenvalue weighted by atomic mass is 9.86. The largest absolute Gasteiger partial charge is 0.465 e. The molecule has 3 nitrogen and oxygen atoms in total. The molecule has 0 aromatic rings. The molecule has 0 spiro atoms. The zero-order chi connectivity index (χ0) is 9.84. The second-order valence-corrected chi connectivity index (χ2v) is 3.57. The third-order valence-electron chi connectivity index (χ3n) is 2.78. The molecule has 0 aromatic carbocycles. The van der Waals surface area contributed by atoms with E-state index >= 15 is 0 Å². The molecule has 1 rings (SSSR count). The summed E-state index contributed by atoms with van der Waals surface area (Å²) < 4.78 is 0. The van der Waals surface area contributed by atoms with Gasteiger partial charge in [-0.3, -0.25) is 0 Å². The molecule has 1 aliphatic carbocycles. The Labute approximate surface area is 78.7 Å². The number of hydrogen-bond acceptors (Lipinski definition) is 1. The minimum absolute atomic E-state index is 0.169. The van der Waals surface area contributed by atoms with Crippen LogP contribution in [0, 0.1) is 18.3 Å². The van der Waals surface area contributed by atoms with Gasteiger partial charge in [-0.25, -0.2) is 4.79 Å². The van der Waals surface area contributed by atoms with Gasteiger partial charge in [0.2, 0.25) is 0 Å². The van der Waals surface area contributed by atoms with Crippen LogP contribution in [0.1, 0.15) is 25.7 Å². The van der Waals surface area contributed by atoms with Crippen molar-refractivity contribution in [1.29, 1.82) is 0 Å². The van der Waals surface area contributed by atoms with E-state index in [0.29, 0.717) is 5.92 Å². The van der Waals surface area contributed by atoms with Crippen LogP contribution in [0.4, 0.5) is 4.79 Å². The van der Waals surface area contributed by atoms with E-state index in [4.69, 9.17) is 11.5 Å². The van der Waals surface area contributed by atoms with Crippen LogP contribution in [-0.2, 0) is 0 Å². The van der Waals surface area contributed by atoms with E-state index in [1.807, 2.05) is 0 Å². The molecule has 13 heavy (non-hydrogen) atoms. The van der Waals surface area contributed by atoms with Crippen molar-refractivity contribution in [1.82, 2.24) is 4.90 Å². The first-order valence-electron chi connectivity index (χ1n) is 4.57. The van der Waals surface area contributed by atoms with Gasteiger partial charge < -0.3 is 10.0 Å². The van der Waals surface area contributed by atoms with Crippen molar-refractivity contribution >= 4 is 6.09 Å². The standard InChI is InChI=1S/C10H15NO2/c1-3-8-4-6-9(7-5-8)11(2)10(12)13/h1,8-9H,4-7H2,2H3,(H,12,13)/t8-,9-. The maximum atomic E-state index is 10.6. The van der Waals surface area contributed by atoms with Crippen LogP contribution in [0.3, 0.4) is 0 Å². The van der Waals surface area contributed by atoms with E-state index in [9.17, 15) is 4.79 Å². The van der Waals surface area contributed by atoms with Gasteiger partial charge in [-0.1, -0.05) is 0 Å². The minimum atomic E-state index is -0.843. The molecule has 0 heterocycles. The van der Waals surface area contributed by atoms with Crippen LogP contribution in [0.15, 0.2) is 0 Å². The first-order valence-corrected chi connectivity index (χ1v) is 4.57. The van der Waals surface area contributed by atoms with Crippen molar-refractivity contribution in [2.75, 3.05) is 7.05 Å². The second kappa shape index (κ2) is 4.18. The fraction of sp³-hybridized carbons (Fsp3) is 0.700. The molecule has 0 atom stereocenters. The summed E-state index contributed by atoms with van der Waals surface area (Å²) in [5, 5.41) is 8.74. The van der Waals surface area contributed by atoms with Crippen molar-refractivity contribution in [2.45, 2.75) is 31.7 Å². The summed E-state index contributed by atoms with van der Waals surface area (Å²) >= 11 is 0. The average molecular weight is 181 g/mol. The molecule has 1 saturated carbocycles. The van der Waals surface area contributed by atoms with Crippen molar-refractivity contribution in [2.24, 2.45) is 5.92 Å². The average Bonchev–Trinajstić information content (AvgIpc) is 2.17. The zero-order valence-electron chi connectivity index (χ0n) is 7.86. The molecule has 72 valence electrons. The Morgan fingerprint density at radius 3 is 2.38 bits per heavy atom. The first-order chi connectivity index (χ1) is 6.15. The number of hydrogen-bond donors (Lipinski definition) is 1. The second-order valence-electron chi connectivity index (χ2n) is 3.57. The monoisotopic (exact) mass is 181 g/mol. The Morgan fingerprint density at radius 2 is 2.00 bits per heavy atom. The fourth-order valence-electron chi connectivity index (χ4n) is 1.79. The summed E-state index contributed by atoms with van der Waals surface area (Å²) in [5.74, 6) is 3.09. The van der Waals surface area contributed by atoms with Crippen molar-refractivity contribution in [3.63, 3.8) is 0 Å². The van der Waals surface area contributed by atoms with Gasteiger partial charge in [0, 0.05) is 19.0 Å². The molecule has 1 amide bonds. The maximum absolute atomic E-state index is 10.6. The highest BCUT2D eigenvalue weighted by molar-refractivity contribution is 5.64. The van der Waals surface area contributed by atoms with E-state index in [2.05, 4.69) is 5.92 Å². The van der Waals surface area contributed by atoms with Gasteiger partial charge in [0.25, 0.3) is 0 Å². The van der Waals surface area contributed by atoms with Gasteiger partial charge in [-0.05, 0) is 25.7 Å². The molecule has 0 aliphatic heterocycles. The fourth-order valence-corrected chi connectivity index (χ4v) is 1.79. The van der Waals surface area contributed by atoms with Crippen molar-refractivity contribution < 1.29 is 9.90 Å². The molecule has 1 aliphatic rings. The Balaban J connectivity index is 2.41. The van der Waals surface area contributed by atoms with Crippen LogP contribution in [0.2, 0.25) is 0 Å². The lowest BCUT2D eigenvalue weighted by Crippen LogP contribution is -2.38. The molecule has 0 unspecified atom stereocenters. The van der Waals surface area contributed by atoms with Crippen LogP contribution >= 0.6 is 0 Å². The quantitative estimate of drug-likeness (QED) is 0.626. The smallest absolute Gasteiger partial charge is 0.407 e. The lowest BCUT2D eigenvalue weighted by Gasteiger charge is -2.31. The summed E-state index contributed by atoms with van der Waals surface area (Å²) in [6, 6.07) is 0.169. The molecule has 0 aromatic heterocycles. The van der Waals surface area contributed by atoms with Crippen LogP contribution in [0.5, 0.6) is 0 Å². The Kier molecular flexibility index (Phi) is 3.18. The number of nitrogens with zero attached hydrogens (tertiary/aromatic N) is 1.